The number of sulfonamides is 1. The molecule has 2 amide bonds. The summed E-state index contributed by atoms with van der Waals surface area (Å²) in [6.07, 6.45) is 2.15. The first-order valence-corrected chi connectivity index (χ1v) is 10.8. The van der Waals surface area contributed by atoms with E-state index in [-0.39, 0.29) is 30.2 Å². The predicted octanol–water partition coefficient (Wildman–Crippen LogP) is 2.31. The first kappa shape index (κ1) is 18.7. The highest BCUT2D eigenvalue weighted by Gasteiger charge is 2.35. The molecule has 8 nitrogen and oxygen atoms in total. The monoisotopic (exact) mass is 407 g/mol. The summed E-state index contributed by atoms with van der Waals surface area (Å²) in [7, 11) is -3.33. The van der Waals surface area contributed by atoms with E-state index < -0.39 is 10.0 Å². The minimum absolute atomic E-state index is 0.127. The molecule has 1 atom stereocenters. The Morgan fingerprint density at radius 1 is 1.36 bits per heavy atom. The minimum atomic E-state index is -3.33. The van der Waals surface area contributed by atoms with Gasteiger partial charge in [0.2, 0.25) is 10.0 Å². The second-order valence-electron chi connectivity index (χ2n) is 7.27. The molecule has 4 rings (SSSR count). The number of carbonyl (C=O) groups is 1. The number of anilines is 2. The lowest BCUT2D eigenvalue weighted by Crippen LogP contribution is -2.47. The molecule has 1 N–H and O–H groups in total. The van der Waals surface area contributed by atoms with Crippen LogP contribution in [0.1, 0.15) is 24.6 Å². The maximum absolute atomic E-state index is 13.5. The lowest BCUT2D eigenvalue weighted by molar-refractivity contribution is 0.162. The van der Waals surface area contributed by atoms with E-state index in [4.69, 9.17) is 0 Å². The summed E-state index contributed by atoms with van der Waals surface area (Å²) in [5.41, 5.74) is 2.20. The number of urea groups is 1. The highest BCUT2D eigenvalue weighted by atomic mass is 32.2. The van der Waals surface area contributed by atoms with Crippen LogP contribution in [0.15, 0.2) is 24.4 Å². The van der Waals surface area contributed by atoms with Gasteiger partial charge in [-0.3, -0.25) is 8.99 Å². The van der Waals surface area contributed by atoms with Crippen molar-refractivity contribution >= 4 is 27.4 Å². The summed E-state index contributed by atoms with van der Waals surface area (Å²) in [6.45, 7) is 4.69. The minimum Gasteiger partial charge on any atom is -0.314 e. The van der Waals surface area contributed by atoms with Crippen molar-refractivity contribution in [3.63, 3.8) is 0 Å². The molecule has 3 heterocycles. The number of halogens is 1. The molecule has 10 heteroatoms. The van der Waals surface area contributed by atoms with E-state index in [0.29, 0.717) is 42.1 Å². The zero-order valence-corrected chi connectivity index (χ0v) is 16.5. The number of carbonyl (C=O) groups excluding carboxylic acids is 1. The van der Waals surface area contributed by atoms with E-state index in [2.05, 4.69) is 10.4 Å². The number of nitrogens with zero attached hydrogens (tertiary/aromatic N) is 4. The Bertz CT molecular complexity index is 1040. The summed E-state index contributed by atoms with van der Waals surface area (Å²) in [5.74, 6) is -0.202. The van der Waals surface area contributed by atoms with Gasteiger partial charge in [0.05, 0.1) is 42.5 Å². The van der Waals surface area contributed by atoms with Crippen molar-refractivity contribution in [2.24, 2.45) is 0 Å². The van der Waals surface area contributed by atoms with Gasteiger partial charge in [0, 0.05) is 12.2 Å². The average molecular weight is 407 g/mol. The fourth-order valence-corrected chi connectivity index (χ4v) is 5.27. The maximum Gasteiger partial charge on any atom is 0.322 e. The average Bonchev–Trinajstić information content (AvgIpc) is 3.18. The molecule has 0 unspecified atom stereocenters. The molecule has 2 aliphatic rings. The van der Waals surface area contributed by atoms with Gasteiger partial charge < -0.3 is 10.2 Å². The van der Waals surface area contributed by atoms with Gasteiger partial charge in [-0.1, -0.05) is 0 Å². The molecule has 2 aromatic rings. The Hall–Kier alpha value is -2.62. The van der Waals surface area contributed by atoms with E-state index in [1.165, 1.54) is 16.4 Å². The molecule has 0 bridgehead atoms. The number of rotatable bonds is 2. The summed E-state index contributed by atoms with van der Waals surface area (Å²) in [4.78, 5) is 14.5. The molecule has 1 saturated heterocycles. The van der Waals surface area contributed by atoms with Crippen molar-refractivity contribution < 1.29 is 17.6 Å². The Balaban J connectivity index is 1.58. The maximum atomic E-state index is 13.5. The van der Waals surface area contributed by atoms with Crippen molar-refractivity contribution in [2.45, 2.75) is 39.4 Å². The lowest BCUT2D eigenvalue weighted by atomic mass is 10.2. The van der Waals surface area contributed by atoms with Gasteiger partial charge in [-0.2, -0.15) is 5.10 Å². The van der Waals surface area contributed by atoms with Gasteiger partial charge in [0.1, 0.15) is 5.82 Å². The molecule has 1 fully saturated rings. The molecule has 150 valence electrons. The Kier molecular flexibility index (Phi) is 4.53. The van der Waals surface area contributed by atoms with Crippen molar-refractivity contribution in [3.8, 4) is 0 Å². The molecule has 1 aromatic heterocycles. The van der Waals surface area contributed by atoms with E-state index in [0.717, 1.165) is 0 Å². The fourth-order valence-electron chi connectivity index (χ4n) is 3.69. The highest BCUT2D eigenvalue weighted by Crippen LogP contribution is 2.31. The van der Waals surface area contributed by atoms with Crippen LogP contribution in [-0.4, -0.2) is 47.5 Å². The van der Waals surface area contributed by atoms with Crippen LogP contribution in [0.2, 0.25) is 0 Å². The van der Waals surface area contributed by atoms with Gasteiger partial charge in [0.15, 0.2) is 0 Å². The number of hydrogen-bond acceptors (Lipinski definition) is 4. The Morgan fingerprint density at radius 2 is 2.14 bits per heavy atom. The second kappa shape index (κ2) is 6.77. The van der Waals surface area contributed by atoms with E-state index >= 15 is 0 Å². The van der Waals surface area contributed by atoms with Gasteiger partial charge in [-0.15, -0.1) is 0 Å². The zero-order chi connectivity index (χ0) is 20.1. The van der Waals surface area contributed by atoms with Crippen molar-refractivity contribution in [3.05, 3.63) is 41.5 Å². The van der Waals surface area contributed by atoms with Crippen LogP contribution in [0.5, 0.6) is 0 Å². The fraction of sp³-hybridized carbons (Fsp3) is 0.444. The van der Waals surface area contributed by atoms with Crippen LogP contribution in [0, 0.1) is 12.7 Å². The third-order valence-corrected chi connectivity index (χ3v) is 7.11. The molecular weight excluding hydrogens is 385 g/mol. The molecule has 28 heavy (non-hydrogen) atoms. The normalized spacial score (nSPS) is 20.9. The first-order chi connectivity index (χ1) is 13.3. The summed E-state index contributed by atoms with van der Waals surface area (Å²) < 4.78 is 41.2. The van der Waals surface area contributed by atoms with Crippen LogP contribution in [0.4, 0.5) is 20.6 Å². The molecular formula is C18H22FN5O3S. The third kappa shape index (κ3) is 3.21. The molecule has 0 saturated carbocycles. The lowest BCUT2D eigenvalue weighted by Gasteiger charge is -2.35. The summed E-state index contributed by atoms with van der Waals surface area (Å²) in [6, 6.07) is 3.96. The Labute approximate surface area is 163 Å². The highest BCUT2D eigenvalue weighted by molar-refractivity contribution is 7.93. The largest absolute Gasteiger partial charge is 0.322 e. The van der Waals surface area contributed by atoms with E-state index in [1.54, 1.807) is 28.8 Å². The summed E-state index contributed by atoms with van der Waals surface area (Å²) in [5, 5.41) is 7.12. The van der Waals surface area contributed by atoms with Crippen LogP contribution < -0.4 is 9.62 Å². The van der Waals surface area contributed by atoms with Crippen molar-refractivity contribution in [1.29, 1.82) is 0 Å². The molecule has 0 radical (unpaired) electrons. The van der Waals surface area contributed by atoms with Crippen LogP contribution in [0.3, 0.4) is 0 Å². The van der Waals surface area contributed by atoms with Crippen LogP contribution in [0.25, 0.3) is 0 Å². The van der Waals surface area contributed by atoms with Gasteiger partial charge in [-0.05, 0) is 44.0 Å². The van der Waals surface area contributed by atoms with Gasteiger partial charge in [-0.25, -0.2) is 17.6 Å². The van der Waals surface area contributed by atoms with Crippen LogP contribution >= 0.6 is 0 Å². The van der Waals surface area contributed by atoms with E-state index in [1.807, 2.05) is 6.92 Å². The predicted molar refractivity (Wildman–Crippen MR) is 103 cm³/mol. The number of fused-ring (bicyclic) bond motifs is 1. The topological polar surface area (TPSA) is 87.5 Å². The SMILES string of the molecule is Cc1cc(NC(=O)N2Cc3c(N4CCCS4(=O)=O)cnn3C[C@@H]2C)ccc1F. The first-order valence-electron chi connectivity index (χ1n) is 9.15. The molecule has 0 spiro atoms. The quantitative estimate of drug-likeness (QED) is 0.828. The number of aromatic nitrogens is 2. The standard InChI is InChI=1S/C18H22FN5O3S/c1-12-8-14(4-5-15(12)19)21-18(25)22-11-17-16(9-20-23(17)10-13(22)2)24-6-3-7-28(24,26)27/h4-5,8-9,13H,3,6-7,10-11H2,1-2H3,(H,21,25)/t13-/m0/s1. The van der Waals surface area contributed by atoms with Crippen molar-refractivity contribution in [1.82, 2.24) is 14.7 Å². The summed E-state index contributed by atoms with van der Waals surface area (Å²) >= 11 is 0. The number of hydrogen-bond donors (Lipinski definition) is 1. The third-order valence-electron chi connectivity index (χ3n) is 5.25. The van der Waals surface area contributed by atoms with E-state index in [9.17, 15) is 17.6 Å². The number of nitrogens with one attached hydrogen (secondary N) is 1. The Morgan fingerprint density at radius 3 is 2.82 bits per heavy atom. The van der Waals surface area contributed by atoms with Crippen molar-refractivity contribution in [2.75, 3.05) is 21.9 Å². The second-order valence-corrected chi connectivity index (χ2v) is 9.28. The number of amides is 2. The molecule has 1 aromatic carbocycles. The molecule has 2 aliphatic heterocycles. The van der Waals surface area contributed by atoms with Crippen LogP contribution in [-0.2, 0) is 23.1 Å². The van der Waals surface area contributed by atoms with Gasteiger partial charge in [0.25, 0.3) is 0 Å². The van der Waals surface area contributed by atoms with Gasteiger partial charge >= 0.3 is 6.03 Å². The smallest absolute Gasteiger partial charge is 0.314 e. The zero-order valence-electron chi connectivity index (χ0n) is 15.7. The molecule has 0 aliphatic carbocycles. The number of benzene rings is 1. The number of aryl methyl sites for hydroxylation is 1.